The average Bonchev–Trinajstić information content (AvgIpc) is 3.73. The van der Waals surface area contributed by atoms with Gasteiger partial charge in [-0.15, -0.1) is 6.58 Å². The van der Waals surface area contributed by atoms with Gasteiger partial charge in [0.15, 0.2) is 6.04 Å². The van der Waals surface area contributed by atoms with Gasteiger partial charge in [-0.3, -0.25) is 19.3 Å². The monoisotopic (exact) mass is 822 g/mol. The second-order valence-electron chi connectivity index (χ2n) is 15.8. The molecule has 0 saturated carbocycles. The number of carbonyl (C=O) groups is 5. The van der Waals surface area contributed by atoms with E-state index in [9.17, 15) is 33.5 Å². The van der Waals surface area contributed by atoms with Gasteiger partial charge in [0, 0.05) is 43.2 Å². The predicted molar refractivity (Wildman–Crippen MR) is 214 cm³/mol. The minimum atomic E-state index is -1.38. The van der Waals surface area contributed by atoms with Crippen LogP contribution in [0.2, 0.25) is 0 Å². The lowest BCUT2D eigenvalue weighted by Gasteiger charge is -2.30. The van der Waals surface area contributed by atoms with Gasteiger partial charge in [-0.1, -0.05) is 30.3 Å². The highest BCUT2D eigenvalue weighted by Gasteiger charge is 2.42. The van der Waals surface area contributed by atoms with Crippen molar-refractivity contribution in [2.24, 2.45) is 0 Å². The molecule has 2 aliphatic rings. The van der Waals surface area contributed by atoms with E-state index >= 15 is 0 Å². The number of allylic oxidation sites excluding steroid dienone is 1. The molecule has 1 fully saturated rings. The summed E-state index contributed by atoms with van der Waals surface area (Å²) in [4.78, 5) is 68.4. The zero-order valence-corrected chi connectivity index (χ0v) is 34.1. The molecule has 1 saturated heterocycles. The van der Waals surface area contributed by atoms with Crippen molar-refractivity contribution in [2.75, 3.05) is 33.6 Å². The molecule has 4 bridgehead atoms. The summed E-state index contributed by atoms with van der Waals surface area (Å²) >= 11 is 0. The maximum Gasteiger partial charge on any atom is 0.408 e. The van der Waals surface area contributed by atoms with Gasteiger partial charge in [0.25, 0.3) is 0 Å². The van der Waals surface area contributed by atoms with Crippen molar-refractivity contribution in [1.82, 2.24) is 30.7 Å². The quantitative estimate of drug-likeness (QED) is 0.157. The van der Waals surface area contributed by atoms with E-state index in [1.807, 2.05) is 16.8 Å². The number of fused-ring (bicyclic) bond motifs is 5. The summed E-state index contributed by atoms with van der Waals surface area (Å²) in [5.41, 5.74) is 2.05. The highest BCUT2D eigenvalue weighted by molar-refractivity contribution is 5.89. The van der Waals surface area contributed by atoms with Gasteiger partial charge in [0.05, 0.1) is 38.7 Å². The molecule has 16 nitrogen and oxygen atoms in total. The number of aliphatic hydroxyl groups is 1. The Hall–Kier alpha value is -5.36. The van der Waals surface area contributed by atoms with Crippen molar-refractivity contribution in [3.63, 3.8) is 0 Å². The fourth-order valence-corrected chi connectivity index (χ4v) is 7.24. The van der Waals surface area contributed by atoms with E-state index in [1.165, 1.54) is 19.1 Å². The van der Waals surface area contributed by atoms with Crippen molar-refractivity contribution in [2.45, 2.75) is 102 Å². The molecule has 0 spiro atoms. The first-order valence-corrected chi connectivity index (χ1v) is 19.6. The normalized spacial score (nSPS) is 23.0. The molecular weight excluding hydrogens is 767 g/mol. The van der Waals surface area contributed by atoms with Gasteiger partial charge in [-0.25, -0.2) is 14.0 Å². The number of nitrogens with one attached hydrogen (secondary N) is 4. The molecule has 0 aliphatic carbocycles. The minimum absolute atomic E-state index is 0.0681. The zero-order chi connectivity index (χ0) is 42.9. The fraction of sp³-hybridized carbons (Fsp3) is 0.500. The molecule has 5 N–H and O–H groups in total. The Morgan fingerprint density at radius 3 is 2.63 bits per heavy atom. The van der Waals surface area contributed by atoms with Gasteiger partial charge in [0.2, 0.25) is 17.7 Å². The number of hydrogen-bond donors (Lipinski definition) is 5. The van der Waals surface area contributed by atoms with E-state index in [0.29, 0.717) is 36.0 Å². The molecule has 7 atom stereocenters. The molecule has 320 valence electrons. The van der Waals surface area contributed by atoms with E-state index in [-0.39, 0.29) is 39.3 Å². The fourth-order valence-electron chi connectivity index (χ4n) is 7.24. The molecule has 17 heteroatoms. The lowest BCUT2D eigenvalue weighted by Crippen LogP contribution is -2.56. The van der Waals surface area contributed by atoms with Crippen LogP contribution < -0.4 is 21.3 Å². The summed E-state index contributed by atoms with van der Waals surface area (Å²) in [6.45, 7) is 10.6. The van der Waals surface area contributed by atoms with E-state index in [4.69, 9.17) is 18.9 Å². The van der Waals surface area contributed by atoms with E-state index in [2.05, 4.69) is 27.8 Å². The number of rotatable bonds is 9. The number of hydrogen-bond acceptors (Lipinski definition) is 11. The molecule has 0 radical (unpaired) electrons. The molecule has 1 aromatic heterocycles. The molecule has 2 aromatic carbocycles. The zero-order valence-electron chi connectivity index (χ0n) is 34.1. The predicted octanol–water partition coefficient (Wildman–Crippen LogP) is 2.23. The van der Waals surface area contributed by atoms with Crippen molar-refractivity contribution >= 4 is 40.7 Å². The van der Waals surface area contributed by atoms with Crippen molar-refractivity contribution in [3.8, 4) is 0 Å². The number of methoxy groups -OCH3 is 1. The van der Waals surface area contributed by atoms with Gasteiger partial charge >= 0.3 is 12.1 Å². The molecule has 5 rings (SSSR count). The Bertz CT molecular complexity index is 2000. The third kappa shape index (κ3) is 12.3. The Labute approximate surface area is 342 Å². The van der Waals surface area contributed by atoms with Gasteiger partial charge in [0.1, 0.15) is 30.1 Å². The number of halogens is 1. The van der Waals surface area contributed by atoms with E-state index < -0.39 is 77.6 Å². The molecule has 4 amide bonds. The van der Waals surface area contributed by atoms with Gasteiger partial charge in [-0.2, -0.15) is 0 Å². The van der Waals surface area contributed by atoms with Crippen molar-refractivity contribution in [1.29, 1.82) is 0 Å². The SMILES string of the molecule is C=CCn1cc(C[C@H]2COC[N@]3CC[C@H](OCC(=O)NCc4cccc(c4)C[C@H](NC(=O)OC(C)(C)C)C(=O)N2)[C@H]3C(=O)N[C@H](C(=O)OC)[C@@H](C)O)c2cc(F)ccc21. The average molecular weight is 823 g/mol. The first-order valence-electron chi connectivity index (χ1n) is 19.6. The van der Waals surface area contributed by atoms with Gasteiger partial charge < -0.3 is 49.9 Å². The first kappa shape index (κ1) is 44.7. The minimum Gasteiger partial charge on any atom is -0.467 e. The second kappa shape index (κ2) is 20.1. The number of ether oxygens (including phenoxy) is 4. The number of alkyl carbamates (subject to hydrolysis) is 1. The third-order valence-electron chi connectivity index (χ3n) is 9.95. The highest BCUT2D eigenvalue weighted by Crippen LogP contribution is 2.26. The first-order chi connectivity index (χ1) is 28.0. The Morgan fingerprint density at radius 1 is 1.15 bits per heavy atom. The smallest absolute Gasteiger partial charge is 0.408 e. The standard InChI is InChI=1S/C42H55FN6O10/c1-7-14-48-21-28(31-19-29(43)11-12-33(31)48)18-30-22-57-24-49-15-13-34(37(49)39(53)47-36(25(2)50)40(54)56-6)58-23-35(51)44-20-27-10-8-9-26(16-27)17-32(38(52)45-30)46-41(55)59-42(3,4)5/h7-12,16,19,21,25,30,32,34,36-37,50H,1,13-15,17-18,20,22-24H2,2-6H3,(H,44,51)(H,45,52)(H,46,55)(H,47,53)/t25-,30+,32+,34+,36+,37+/m1/s1. The lowest BCUT2D eigenvalue weighted by molar-refractivity contribution is -0.150. The van der Waals surface area contributed by atoms with Crippen molar-refractivity contribution in [3.05, 3.63) is 83.8 Å². The summed E-state index contributed by atoms with van der Waals surface area (Å²) in [6, 6.07) is 7.38. The number of benzene rings is 2. The van der Waals surface area contributed by atoms with Crippen LogP contribution in [0.3, 0.4) is 0 Å². The molecule has 3 aromatic rings. The summed E-state index contributed by atoms with van der Waals surface area (Å²) in [6.07, 6.45) is 1.27. The largest absolute Gasteiger partial charge is 0.467 e. The Kier molecular flexibility index (Phi) is 15.2. The van der Waals surface area contributed by atoms with Crippen LogP contribution in [0.25, 0.3) is 10.9 Å². The van der Waals surface area contributed by atoms with Crippen LogP contribution in [0.4, 0.5) is 9.18 Å². The maximum absolute atomic E-state index is 14.7. The van der Waals surface area contributed by atoms with Gasteiger partial charge in [-0.05, 0) is 75.4 Å². The van der Waals surface area contributed by atoms with Crippen LogP contribution in [0.1, 0.15) is 50.8 Å². The Balaban J connectivity index is 1.50. The summed E-state index contributed by atoms with van der Waals surface area (Å²) in [5.74, 6) is -2.93. The summed E-state index contributed by atoms with van der Waals surface area (Å²) in [5, 5.41) is 22.1. The number of carbonyl (C=O) groups excluding carboxylic acids is 5. The highest BCUT2D eigenvalue weighted by atomic mass is 19.1. The van der Waals surface area contributed by atoms with E-state index in [1.54, 1.807) is 56.0 Å². The molecule has 59 heavy (non-hydrogen) atoms. The van der Waals surface area contributed by atoms with Crippen LogP contribution in [-0.4, -0.2) is 120 Å². The number of amides is 4. The van der Waals surface area contributed by atoms with Crippen LogP contribution in [-0.2, 0) is 64.1 Å². The number of esters is 1. The Morgan fingerprint density at radius 2 is 1.92 bits per heavy atom. The van der Waals surface area contributed by atoms with E-state index in [0.717, 1.165) is 18.2 Å². The number of nitrogens with zero attached hydrogens (tertiary/aromatic N) is 2. The maximum atomic E-state index is 14.7. The van der Waals surface area contributed by atoms with Crippen LogP contribution in [0.5, 0.6) is 0 Å². The second-order valence-corrected chi connectivity index (χ2v) is 15.8. The van der Waals surface area contributed by atoms with Crippen LogP contribution in [0.15, 0.2) is 61.3 Å². The molecule has 2 aliphatic heterocycles. The summed E-state index contributed by atoms with van der Waals surface area (Å²) in [7, 11) is 1.14. The third-order valence-corrected chi connectivity index (χ3v) is 9.95. The summed E-state index contributed by atoms with van der Waals surface area (Å²) < 4.78 is 39.1. The van der Waals surface area contributed by atoms with Crippen LogP contribution in [0, 0.1) is 5.82 Å². The number of aliphatic hydroxyl groups excluding tert-OH is 1. The molecule has 0 unspecified atom stereocenters. The molecule has 3 heterocycles. The van der Waals surface area contributed by atoms with Crippen LogP contribution >= 0.6 is 0 Å². The number of aromatic nitrogens is 1. The lowest BCUT2D eigenvalue weighted by atomic mass is 10.0. The van der Waals surface area contributed by atoms with Crippen molar-refractivity contribution < 1.29 is 52.4 Å². The topological polar surface area (TPSA) is 199 Å². The molecular formula is C42H55FN6O10.